The van der Waals surface area contributed by atoms with E-state index in [1.54, 1.807) is 17.9 Å². The molecule has 2 aliphatic rings. The topological polar surface area (TPSA) is 75.7 Å². The number of allylic oxidation sites excluding steroid dienone is 1. The minimum atomic E-state index is -0.388. The van der Waals surface area contributed by atoms with Crippen molar-refractivity contribution in [3.8, 4) is 0 Å². The molecule has 2 aromatic rings. The molecule has 2 aromatic carbocycles. The zero-order valence-corrected chi connectivity index (χ0v) is 21.5. The molecule has 1 heterocycles. The molecule has 0 saturated heterocycles. The van der Waals surface area contributed by atoms with E-state index in [4.69, 9.17) is 4.74 Å². The van der Waals surface area contributed by atoms with Crippen LogP contribution in [0.4, 0.5) is 0 Å². The van der Waals surface area contributed by atoms with Gasteiger partial charge in [0, 0.05) is 29.6 Å². The van der Waals surface area contributed by atoms with Crippen LogP contribution in [0.1, 0.15) is 85.3 Å². The maximum atomic E-state index is 13.4. The van der Waals surface area contributed by atoms with Crippen molar-refractivity contribution in [2.45, 2.75) is 77.8 Å². The molecule has 0 radical (unpaired) electrons. The fraction of sp³-hybridized carbons (Fsp3) is 0.433. The molecule has 6 nitrogen and oxygen atoms in total. The average Bonchev–Trinajstić information content (AvgIpc) is 2.87. The number of carbonyl (C=O) groups is 3. The molecule has 1 saturated carbocycles. The van der Waals surface area contributed by atoms with Crippen molar-refractivity contribution in [2.75, 3.05) is 6.61 Å². The summed E-state index contributed by atoms with van der Waals surface area (Å²) in [6, 6.07) is 15.5. The molecule has 0 bridgehead atoms. The first-order valence-electron chi connectivity index (χ1n) is 13.0. The Hall–Kier alpha value is -3.41. The van der Waals surface area contributed by atoms with E-state index in [9.17, 15) is 14.4 Å². The Bertz CT molecular complexity index is 1160. The largest absolute Gasteiger partial charge is 0.463 e. The number of rotatable bonds is 7. The number of nitrogens with one attached hydrogen (secondary N) is 1. The van der Waals surface area contributed by atoms with Crippen LogP contribution in [-0.4, -0.2) is 35.3 Å². The van der Waals surface area contributed by atoms with Crippen LogP contribution in [0, 0.1) is 6.92 Å². The molecular formula is C30H36N2O4. The summed E-state index contributed by atoms with van der Waals surface area (Å²) in [5.41, 5.74) is 4.57. The van der Waals surface area contributed by atoms with Crippen molar-refractivity contribution in [1.82, 2.24) is 10.2 Å². The second kappa shape index (κ2) is 11.5. The molecule has 1 atom stereocenters. The molecule has 6 heteroatoms. The number of carbonyl (C=O) groups excluding carboxylic acids is 3. The summed E-state index contributed by atoms with van der Waals surface area (Å²) in [6.45, 7) is 6.15. The van der Waals surface area contributed by atoms with Gasteiger partial charge in [0.15, 0.2) is 0 Å². The maximum Gasteiger partial charge on any atom is 0.336 e. The number of esters is 1. The van der Waals surface area contributed by atoms with Crippen LogP contribution in [-0.2, 0) is 20.9 Å². The fourth-order valence-electron chi connectivity index (χ4n) is 5.43. The van der Waals surface area contributed by atoms with Gasteiger partial charge in [0.05, 0.1) is 18.7 Å². The molecule has 36 heavy (non-hydrogen) atoms. The predicted octanol–water partition coefficient (Wildman–Crippen LogP) is 5.41. The predicted molar refractivity (Wildman–Crippen MR) is 139 cm³/mol. The van der Waals surface area contributed by atoms with Gasteiger partial charge in [-0.3, -0.25) is 9.59 Å². The molecular weight excluding hydrogens is 452 g/mol. The minimum Gasteiger partial charge on any atom is -0.463 e. The highest BCUT2D eigenvalue weighted by Gasteiger charge is 2.37. The van der Waals surface area contributed by atoms with Crippen molar-refractivity contribution in [3.05, 3.63) is 82.1 Å². The first-order valence-corrected chi connectivity index (χ1v) is 13.0. The quantitative estimate of drug-likeness (QED) is 0.529. The Morgan fingerprint density at radius 2 is 1.78 bits per heavy atom. The first-order chi connectivity index (χ1) is 17.4. The van der Waals surface area contributed by atoms with Gasteiger partial charge >= 0.3 is 5.97 Å². The summed E-state index contributed by atoms with van der Waals surface area (Å²) in [5, 5.41) is 3.16. The van der Waals surface area contributed by atoms with Crippen molar-refractivity contribution in [1.29, 1.82) is 0 Å². The zero-order chi connectivity index (χ0) is 25.7. The standard InChI is InChI=1S/C30H36N2O4/c1-4-36-30(35)28-21(3)32(27(33)18-26(28)25-16-9-8-11-20(25)2)19-22-12-10-13-23(17-22)29(34)31-24-14-6-5-7-15-24/h8-13,16-17,24,26H,4-7,14-15,18-19H2,1-3H3,(H,31,34)/t26-/m0/s1. The molecule has 2 amide bonds. The molecule has 0 unspecified atom stereocenters. The van der Waals surface area contributed by atoms with Crippen molar-refractivity contribution < 1.29 is 19.1 Å². The lowest BCUT2D eigenvalue weighted by Gasteiger charge is -2.35. The van der Waals surface area contributed by atoms with Crippen LogP contribution in [0.15, 0.2) is 59.8 Å². The van der Waals surface area contributed by atoms with Crippen LogP contribution in [0.25, 0.3) is 0 Å². The lowest BCUT2D eigenvalue weighted by molar-refractivity contribution is -0.140. The smallest absolute Gasteiger partial charge is 0.336 e. The SMILES string of the molecule is CCOC(=O)C1=C(C)N(Cc2cccc(C(=O)NC3CCCCC3)c2)C(=O)C[C@H]1c1ccccc1C. The summed E-state index contributed by atoms with van der Waals surface area (Å²) < 4.78 is 5.41. The first kappa shape index (κ1) is 25.7. The molecule has 4 rings (SSSR count). The van der Waals surface area contributed by atoms with E-state index >= 15 is 0 Å². The highest BCUT2D eigenvalue weighted by Crippen LogP contribution is 2.39. The van der Waals surface area contributed by atoms with Crippen molar-refractivity contribution in [2.24, 2.45) is 0 Å². The summed E-state index contributed by atoms with van der Waals surface area (Å²) in [6.07, 6.45) is 5.78. The maximum absolute atomic E-state index is 13.4. The lowest BCUT2D eigenvalue weighted by Crippen LogP contribution is -2.38. The number of nitrogens with zero attached hydrogens (tertiary/aromatic N) is 1. The lowest BCUT2D eigenvalue weighted by atomic mass is 9.81. The molecule has 0 spiro atoms. The number of ether oxygens (including phenoxy) is 1. The van der Waals surface area contributed by atoms with Gasteiger partial charge in [0.2, 0.25) is 5.91 Å². The Labute approximate surface area is 213 Å². The van der Waals surface area contributed by atoms with Gasteiger partial charge in [-0.15, -0.1) is 0 Å². The van der Waals surface area contributed by atoms with E-state index in [1.807, 2.05) is 56.3 Å². The fourth-order valence-corrected chi connectivity index (χ4v) is 5.43. The normalized spacial score (nSPS) is 18.8. The van der Waals surface area contributed by atoms with Gasteiger partial charge in [-0.25, -0.2) is 4.79 Å². The summed E-state index contributed by atoms with van der Waals surface area (Å²) in [5.74, 6) is -0.860. The van der Waals surface area contributed by atoms with Crippen LogP contribution in [0.3, 0.4) is 0 Å². The van der Waals surface area contributed by atoms with E-state index in [2.05, 4.69) is 5.32 Å². The van der Waals surface area contributed by atoms with Crippen molar-refractivity contribution >= 4 is 17.8 Å². The highest BCUT2D eigenvalue weighted by atomic mass is 16.5. The number of hydrogen-bond donors (Lipinski definition) is 1. The van der Waals surface area contributed by atoms with Crippen LogP contribution in [0.2, 0.25) is 0 Å². The molecule has 1 N–H and O–H groups in total. The van der Waals surface area contributed by atoms with E-state index < -0.39 is 0 Å². The third kappa shape index (κ3) is 5.69. The number of aryl methyl sites for hydroxylation is 1. The van der Waals surface area contributed by atoms with E-state index in [0.717, 1.165) is 42.4 Å². The second-order valence-electron chi connectivity index (χ2n) is 9.82. The Kier molecular flexibility index (Phi) is 8.24. The van der Waals surface area contributed by atoms with Gasteiger partial charge in [0.25, 0.3) is 5.91 Å². The second-order valence-corrected chi connectivity index (χ2v) is 9.82. The molecule has 190 valence electrons. The minimum absolute atomic E-state index is 0.0501. The van der Waals surface area contributed by atoms with Gasteiger partial charge in [0.1, 0.15) is 0 Å². The molecule has 0 aromatic heterocycles. The number of benzene rings is 2. The Morgan fingerprint density at radius 3 is 2.50 bits per heavy atom. The van der Waals surface area contributed by atoms with E-state index in [-0.39, 0.29) is 42.8 Å². The van der Waals surface area contributed by atoms with Crippen LogP contribution >= 0.6 is 0 Å². The summed E-state index contributed by atoms with van der Waals surface area (Å²) in [4.78, 5) is 41.0. The van der Waals surface area contributed by atoms with Crippen LogP contribution in [0.5, 0.6) is 0 Å². The summed E-state index contributed by atoms with van der Waals surface area (Å²) >= 11 is 0. The zero-order valence-electron chi connectivity index (χ0n) is 21.5. The van der Waals surface area contributed by atoms with E-state index in [1.165, 1.54) is 6.42 Å². The number of amides is 2. The Balaban J connectivity index is 1.60. The van der Waals surface area contributed by atoms with Gasteiger partial charge < -0.3 is 15.0 Å². The highest BCUT2D eigenvalue weighted by molar-refractivity contribution is 5.96. The third-order valence-corrected chi connectivity index (χ3v) is 7.35. The van der Waals surface area contributed by atoms with Gasteiger partial charge in [-0.2, -0.15) is 0 Å². The summed E-state index contributed by atoms with van der Waals surface area (Å²) in [7, 11) is 0. The third-order valence-electron chi connectivity index (χ3n) is 7.35. The van der Waals surface area contributed by atoms with Crippen molar-refractivity contribution in [3.63, 3.8) is 0 Å². The Morgan fingerprint density at radius 1 is 1.03 bits per heavy atom. The average molecular weight is 489 g/mol. The van der Waals surface area contributed by atoms with Crippen LogP contribution < -0.4 is 5.32 Å². The number of hydrogen-bond acceptors (Lipinski definition) is 4. The molecule has 1 aliphatic heterocycles. The van der Waals surface area contributed by atoms with Gasteiger partial charge in [-0.05, 0) is 62.4 Å². The monoisotopic (exact) mass is 488 g/mol. The molecule has 1 aliphatic carbocycles. The molecule has 1 fully saturated rings. The van der Waals surface area contributed by atoms with E-state index in [0.29, 0.717) is 23.4 Å². The van der Waals surface area contributed by atoms with Gasteiger partial charge in [-0.1, -0.05) is 55.7 Å².